The van der Waals surface area contributed by atoms with Crippen molar-refractivity contribution in [2.24, 2.45) is 0 Å². The number of aromatic nitrogens is 3. The van der Waals surface area contributed by atoms with Crippen molar-refractivity contribution >= 4 is 21.9 Å². The highest BCUT2D eigenvalue weighted by molar-refractivity contribution is 9.10. The fourth-order valence-electron chi connectivity index (χ4n) is 1.11. The zero-order valence-corrected chi connectivity index (χ0v) is 9.07. The second-order valence-corrected chi connectivity index (χ2v) is 3.65. The molecule has 0 bridgehead atoms. The van der Waals surface area contributed by atoms with Crippen LogP contribution >= 0.6 is 15.9 Å². The Hall–Kier alpha value is -1.56. The van der Waals surface area contributed by atoms with Gasteiger partial charge in [-0.3, -0.25) is 0 Å². The third-order valence-corrected chi connectivity index (χ3v) is 2.42. The number of nitrogens with zero attached hydrogens (tertiary/aromatic N) is 3. The van der Waals surface area contributed by atoms with E-state index in [1.54, 1.807) is 6.07 Å². The molecule has 1 aromatic carbocycles. The van der Waals surface area contributed by atoms with E-state index in [2.05, 4.69) is 30.9 Å². The summed E-state index contributed by atoms with van der Waals surface area (Å²) in [5, 5.41) is 0. The molecule has 15 heavy (non-hydrogen) atoms. The van der Waals surface area contributed by atoms with Crippen LogP contribution in [-0.4, -0.2) is 15.0 Å². The summed E-state index contributed by atoms with van der Waals surface area (Å²) in [6, 6.07) is 4.25. The van der Waals surface area contributed by atoms with Crippen LogP contribution < -0.4 is 5.73 Å². The number of hydrogen-bond donors (Lipinski definition) is 1. The van der Waals surface area contributed by atoms with E-state index in [1.165, 1.54) is 18.5 Å². The van der Waals surface area contributed by atoms with Gasteiger partial charge in [0.2, 0.25) is 5.95 Å². The molecule has 4 nitrogen and oxygen atoms in total. The first-order chi connectivity index (χ1) is 7.16. The van der Waals surface area contributed by atoms with Gasteiger partial charge in [0, 0.05) is 10.0 Å². The predicted molar refractivity (Wildman–Crippen MR) is 57.3 cm³/mol. The van der Waals surface area contributed by atoms with Crippen LogP contribution in [-0.2, 0) is 0 Å². The maximum absolute atomic E-state index is 12.8. The number of rotatable bonds is 1. The van der Waals surface area contributed by atoms with Crippen molar-refractivity contribution in [2.75, 3.05) is 5.73 Å². The first-order valence-electron chi connectivity index (χ1n) is 4.07. The molecule has 1 aromatic heterocycles. The van der Waals surface area contributed by atoms with Crippen LogP contribution in [0.2, 0.25) is 0 Å². The van der Waals surface area contributed by atoms with Crippen molar-refractivity contribution in [3.63, 3.8) is 0 Å². The van der Waals surface area contributed by atoms with Crippen LogP contribution in [0.1, 0.15) is 0 Å². The second kappa shape index (κ2) is 3.90. The van der Waals surface area contributed by atoms with Gasteiger partial charge in [-0.05, 0) is 34.1 Å². The molecule has 2 N–H and O–H groups in total. The number of halogens is 2. The van der Waals surface area contributed by atoms with E-state index in [4.69, 9.17) is 5.73 Å². The second-order valence-electron chi connectivity index (χ2n) is 2.79. The minimum atomic E-state index is -0.326. The minimum absolute atomic E-state index is 0.135. The number of benzene rings is 1. The number of nitrogen functional groups attached to an aromatic ring is 1. The highest BCUT2D eigenvalue weighted by atomic mass is 79.9. The van der Waals surface area contributed by atoms with E-state index < -0.39 is 0 Å². The summed E-state index contributed by atoms with van der Waals surface area (Å²) in [7, 11) is 0. The third-order valence-electron chi connectivity index (χ3n) is 1.76. The lowest BCUT2D eigenvalue weighted by Gasteiger charge is -2.02. The molecule has 0 amide bonds. The van der Waals surface area contributed by atoms with Gasteiger partial charge in [-0.25, -0.2) is 14.4 Å². The van der Waals surface area contributed by atoms with Gasteiger partial charge in [0.25, 0.3) is 0 Å². The van der Waals surface area contributed by atoms with E-state index in [0.29, 0.717) is 15.9 Å². The zero-order valence-electron chi connectivity index (χ0n) is 7.48. The molecule has 2 aromatic rings. The molecule has 76 valence electrons. The average Bonchev–Trinajstić information content (AvgIpc) is 2.17. The summed E-state index contributed by atoms with van der Waals surface area (Å²) in [5.41, 5.74) is 6.10. The molecule has 1 heterocycles. The van der Waals surface area contributed by atoms with Crippen molar-refractivity contribution in [3.05, 3.63) is 34.8 Å². The monoisotopic (exact) mass is 268 g/mol. The molecule has 0 fully saturated rings. The van der Waals surface area contributed by atoms with Gasteiger partial charge >= 0.3 is 0 Å². The SMILES string of the molecule is Nc1ncnc(-c2ccc(F)cc2Br)n1. The smallest absolute Gasteiger partial charge is 0.223 e. The van der Waals surface area contributed by atoms with Gasteiger partial charge in [-0.2, -0.15) is 4.98 Å². The zero-order chi connectivity index (χ0) is 10.8. The molecule has 0 spiro atoms. The standard InChI is InChI=1S/C9H6BrFN4/c10-7-3-5(11)1-2-6(7)8-13-4-14-9(12)15-8/h1-4H,(H2,12,13,14,15). The van der Waals surface area contributed by atoms with E-state index in [-0.39, 0.29) is 11.8 Å². The van der Waals surface area contributed by atoms with E-state index in [9.17, 15) is 4.39 Å². The molecule has 0 radical (unpaired) electrons. The molecule has 6 heteroatoms. The Balaban J connectivity index is 2.54. The fourth-order valence-corrected chi connectivity index (χ4v) is 1.64. The van der Waals surface area contributed by atoms with Crippen molar-refractivity contribution in [3.8, 4) is 11.4 Å². The number of nitrogens with two attached hydrogens (primary N) is 1. The summed E-state index contributed by atoms with van der Waals surface area (Å²) in [4.78, 5) is 11.6. The maximum Gasteiger partial charge on any atom is 0.223 e. The lowest BCUT2D eigenvalue weighted by atomic mass is 10.2. The van der Waals surface area contributed by atoms with Gasteiger partial charge < -0.3 is 5.73 Å². The lowest BCUT2D eigenvalue weighted by molar-refractivity contribution is 0.627. The third kappa shape index (κ3) is 2.10. The van der Waals surface area contributed by atoms with Gasteiger partial charge in [0.1, 0.15) is 12.1 Å². The Kier molecular flexibility index (Phi) is 2.59. The highest BCUT2D eigenvalue weighted by Gasteiger charge is 2.07. The molecule has 0 saturated carbocycles. The topological polar surface area (TPSA) is 64.7 Å². The first kappa shape index (κ1) is 9.97. The van der Waals surface area contributed by atoms with E-state index in [1.807, 2.05) is 0 Å². The van der Waals surface area contributed by atoms with Crippen molar-refractivity contribution in [1.82, 2.24) is 15.0 Å². The quantitative estimate of drug-likeness (QED) is 0.860. The maximum atomic E-state index is 12.8. The summed E-state index contributed by atoms with van der Waals surface area (Å²) in [5.74, 6) is 0.221. The molecule has 0 aliphatic rings. The summed E-state index contributed by atoms with van der Waals surface area (Å²) in [6.07, 6.45) is 1.31. The number of hydrogen-bond acceptors (Lipinski definition) is 4. The molecule has 0 unspecified atom stereocenters. The largest absolute Gasteiger partial charge is 0.368 e. The van der Waals surface area contributed by atoms with Gasteiger partial charge in [-0.1, -0.05) is 0 Å². The number of anilines is 1. The molecule has 0 saturated heterocycles. The Morgan fingerprint density at radius 3 is 2.73 bits per heavy atom. The minimum Gasteiger partial charge on any atom is -0.368 e. The predicted octanol–water partition coefficient (Wildman–Crippen LogP) is 2.02. The molecule has 0 aliphatic heterocycles. The normalized spacial score (nSPS) is 10.3. The van der Waals surface area contributed by atoms with Crippen LogP contribution in [0.5, 0.6) is 0 Å². The molecule has 0 atom stereocenters. The average molecular weight is 269 g/mol. The van der Waals surface area contributed by atoms with E-state index in [0.717, 1.165) is 0 Å². The molecule has 2 rings (SSSR count). The lowest BCUT2D eigenvalue weighted by Crippen LogP contribution is -1.98. The summed E-state index contributed by atoms with van der Waals surface area (Å²) in [6.45, 7) is 0. The van der Waals surface area contributed by atoms with Gasteiger partial charge in [-0.15, -0.1) is 0 Å². The Labute approximate surface area is 93.5 Å². The van der Waals surface area contributed by atoms with Crippen LogP contribution in [0, 0.1) is 5.82 Å². The van der Waals surface area contributed by atoms with E-state index >= 15 is 0 Å². The summed E-state index contributed by atoms with van der Waals surface area (Å²) < 4.78 is 13.4. The Morgan fingerprint density at radius 2 is 2.07 bits per heavy atom. The van der Waals surface area contributed by atoms with Crippen molar-refractivity contribution < 1.29 is 4.39 Å². The van der Waals surface area contributed by atoms with Crippen LogP contribution in [0.25, 0.3) is 11.4 Å². The Bertz CT molecular complexity index is 503. The van der Waals surface area contributed by atoms with Crippen molar-refractivity contribution in [2.45, 2.75) is 0 Å². The fraction of sp³-hybridized carbons (Fsp3) is 0. The van der Waals surface area contributed by atoms with Crippen LogP contribution in [0.4, 0.5) is 10.3 Å². The summed E-state index contributed by atoms with van der Waals surface area (Å²) >= 11 is 3.23. The van der Waals surface area contributed by atoms with Crippen molar-refractivity contribution in [1.29, 1.82) is 0 Å². The highest BCUT2D eigenvalue weighted by Crippen LogP contribution is 2.25. The van der Waals surface area contributed by atoms with Gasteiger partial charge in [0.15, 0.2) is 5.82 Å². The molecule has 0 aliphatic carbocycles. The molecular formula is C9H6BrFN4. The molecular weight excluding hydrogens is 263 g/mol. The first-order valence-corrected chi connectivity index (χ1v) is 4.86. The van der Waals surface area contributed by atoms with Crippen LogP contribution in [0.3, 0.4) is 0 Å². The Morgan fingerprint density at radius 1 is 1.27 bits per heavy atom. The van der Waals surface area contributed by atoms with Gasteiger partial charge in [0.05, 0.1) is 0 Å². The van der Waals surface area contributed by atoms with Crippen LogP contribution in [0.15, 0.2) is 29.0 Å².